The van der Waals surface area contributed by atoms with Gasteiger partial charge in [0.1, 0.15) is 0 Å². The Morgan fingerprint density at radius 1 is 1.00 bits per heavy atom. The van der Waals surface area contributed by atoms with Crippen molar-refractivity contribution in [3.8, 4) is 0 Å². The number of carbonyl (C=O) groups is 2. The van der Waals surface area contributed by atoms with Crippen molar-refractivity contribution in [3.05, 3.63) is 20.2 Å². The van der Waals surface area contributed by atoms with Gasteiger partial charge in [-0.1, -0.05) is 7.43 Å². The van der Waals surface area contributed by atoms with E-state index in [9.17, 15) is 29.8 Å². The van der Waals surface area contributed by atoms with Gasteiger partial charge < -0.3 is 21.3 Å². The average molecular weight is 391 g/mol. The Kier molecular flexibility index (Phi) is 14.2. The van der Waals surface area contributed by atoms with Crippen molar-refractivity contribution in [1.82, 2.24) is 0 Å². The van der Waals surface area contributed by atoms with Gasteiger partial charge in [0.2, 0.25) is 11.1 Å². The highest BCUT2D eigenvalue weighted by molar-refractivity contribution is 5.85. The number of hydrogen-bond donors (Lipinski definition) is 3. The zero-order valence-corrected chi connectivity index (χ0v) is 14.7. The molecule has 0 rings (SSSR count). The van der Waals surface area contributed by atoms with Crippen LogP contribution in [0.15, 0.2) is 0 Å². The van der Waals surface area contributed by atoms with Gasteiger partial charge in [-0.15, -0.1) is 12.4 Å². The molecule has 150 valence electrons. The summed E-state index contributed by atoms with van der Waals surface area (Å²) in [6.45, 7) is 4.89. The number of nitrogens with zero attached hydrogens (tertiary/aromatic N) is 2. The van der Waals surface area contributed by atoms with E-state index in [1.165, 1.54) is 27.7 Å². The molecule has 0 aromatic carbocycles. The number of rotatable bonds is 6. The number of hydrogen-bond acceptors (Lipinski definition) is 9. The van der Waals surface area contributed by atoms with Gasteiger partial charge in [0.15, 0.2) is 12.1 Å². The average Bonchev–Trinajstić information content (AvgIpc) is 2.44. The van der Waals surface area contributed by atoms with Crippen molar-refractivity contribution < 1.29 is 29.3 Å². The number of carbonyl (C=O) groups excluding carboxylic acids is 1. The highest BCUT2D eigenvalue weighted by Crippen LogP contribution is 2.12. The first-order chi connectivity index (χ1) is 10.1. The third kappa shape index (κ3) is 8.56. The summed E-state index contributed by atoms with van der Waals surface area (Å²) in [6.07, 6.45) is 0. The molecule has 0 aromatic heterocycles. The lowest BCUT2D eigenvalue weighted by Gasteiger charge is -2.20. The number of ether oxygens (including phenoxy) is 1. The molecule has 0 radical (unpaired) electrons. The zero-order valence-electron chi connectivity index (χ0n) is 13.9. The third-order valence-corrected chi connectivity index (χ3v) is 3.18. The number of halogens is 1. The van der Waals surface area contributed by atoms with Crippen LogP contribution in [-0.2, 0) is 14.3 Å². The van der Waals surface area contributed by atoms with Gasteiger partial charge in [0, 0.05) is 37.5 Å². The molecule has 0 aliphatic rings. The van der Waals surface area contributed by atoms with Crippen LogP contribution in [-0.4, -0.2) is 57.2 Å². The molecule has 0 heterocycles. The fourth-order valence-electron chi connectivity index (χ4n) is 0.945. The van der Waals surface area contributed by atoms with Crippen molar-refractivity contribution in [2.24, 2.45) is 11.5 Å². The summed E-state index contributed by atoms with van der Waals surface area (Å²) in [5.41, 5.74) is 7.23. The Bertz CT molecular complexity index is 484. The molecule has 0 saturated carbocycles. The monoisotopic (exact) mass is 390 g/mol. The number of nitro groups is 2. The summed E-state index contributed by atoms with van der Waals surface area (Å²) < 4.78 is 4.28. The van der Waals surface area contributed by atoms with E-state index in [-0.39, 0.29) is 19.8 Å². The van der Waals surface area contributed by atoms with E-state index in [4.69, 9.17) is 16.6 Å². The van der Waals surface area contributed by atoms with E-state index in [2.05, 4.69) is 4.74 Å². The van der Waals surface area contributed by atoms with Crippen LogP contribution in [0.25, 0.3) is 0 Å². The first-order valence-electron chi connectivity index (χ1n) is 6.24. The minimum absolute atomic E-state index is 0. The fourth-order valence-corrected chi connectivity index (χ4v) is 0.945. The Balaban J connectivity index is -0.000000164. The van der Waals surface area contributed by atoms with E-state index in [1.807, 2.05) is 0 Å². The molecule has 13 heteroatoms. The predicted octanol–water partition coefficient (Wildman–Crippen LogP) is 0.0535. The van der Waals surface area contributed by atoms with Gasteiger partial charge in [-0.3, -0.25) is 29.8 Å². The smallest absolute Gasteiger partial charge is 0.330 e. The van der Waals surface area contributed by atoms with Crippen molar-refractivity contribution in [1.29, 1.82) is 0 Å². The first kappa shape index (κ1) is 30.8. The minimum atomic E-state index is -1.62. The number of methoxy groups -OCH3 is 1. The highest BCUT2D eigenvalue weighted by atomic mass is 35.5. The van der Waals surface area contributed by atoms with Gasteiger partial charge in [-0.25, -0.2) is 0 Å². The van der Waals surface area contributed by atoms with Crippen LogP contribution in [0.5, 0.6) is 0 Å². The summed E-state index contributed by atoms with van der Waals surface area (Å²) in [6, 6.07) is -2.71. The molecule has 0 aromatic rings. The second kappa shape index (κ2) is 11.5. The second-order valence-electron chi connectivity index (χ2n) is 5.64. The van der Waals surface area contributed by atoms with Crippen LogP contribution in [0.4, 0.5) is 0 Å². The third-order valence-electron chi connectivity index (χ3n) is 3.18. The summed E-state index contributed by atoms with van der Waals surface area (Å²) in [4.78, 5) is 40.4. The van der Waals surface area contributed by atoms with Crippen LogP contribution in [0.3, 0.4) is 0 Å². The first-order valence-corrected chi connectivity index (χ1v) is 6.24. The highest BCUT2D eigenvalue weighted by Gasteiger charge is 2.44. The Hall–Kier alpha value is -2.05. The molecule has 0 saturated heterocycles. The number of esters is 1. The van der Waals surface area contributed by atoms with Gasteiger partial charge in [-0.2, -0.15) is 0 Å². The molecule has 0 fully saturated rings. The molecule has 2 atom stereocenters. The van der Waals surface area contributed by atoms with Gasteiger partial charge in [-0.05, 0) is 0 Å². The van der Waals surface area contributed by atoms with Crippen molar-refractivity contribution in [2.45, 2.75) is 58.3 Å². The standard InChI is InChI=1S/C6H12N2O4.C5H10N2O4.CH4.ClH/c1-6(2,8(10)11)4(7)5(9)12-3;1-5(2,7(10)11)3(6)4(8)9;;/h4H,7H2,1-3H3;3H,6H2,1-2H3,(H,8,9);1H4;1H. The summed E-state index contributed by atoms with van der Waals surface area (Å²) >= 11 is 0. The summed E-state index contributed by atoms with van der Waals surface area (Å²) in [7, 11) is 1.14. The number of carboxylic acids is 1. The van der Waals surface area contributed by atoms with Crippen molar-refractivity contribution in [3.63, 3.8) is 0 Å². The lowest BCUT2D eigenvalue weighted by Crippen LogP contribution is -2.54. The molecule has 0 amide bonds. The molecule has 0 spiro atoms. The van der Waals surface area contributed by atoms with Crippen LogP contribution in [0, 0.1) is 20.2 Å². The SMILES string of the molecule is C.CC(C)(C(N)C(=O)O)[N+](=O)[O-].COC(=O)C(N)C(C)(C)[N+](=O)[O-].Cl. The fraction of sp³-hybridized carbons (Fsp3) is 0.833. The predicted molar refractivity (Wildman–Crippen MR) is 91.7 cm³/mol. The largest absolute Gasteiger partial charge is 0.480 e. The molecular formula is C12H27ClN4O8. The minimum Gasteiger partial charge on any atom is -0.480 e. The van der Waals surface area contributed by atoms with E-state index >= 15 is 0 Å². The number of carboxylic acid groups (broad SMARTS) is 1. The van der Waals surface area contributed by atoms with Gasteiger partial charge in [0.25, 0.3) is 0 Å². The topological polar surface area (TPSA) is 202 Å². The second-order valence-corrected chi connectivity index (χ2v) is 5.64. The van der Waals surface area contributed by atoms with Crippen LogP contribution >= 0.6 is 12.4 Å². The Labute approximate surface area is 151 Å². The molecular weight excluding hydrogens is 364 g/mol. The maximum absolute atomic E-state index is 10.8. The van der Waals surface area contributed by atoms with Crippen LogP contribution in [0.1, 0.15) is 35.1 Å². The normalized spacial score (nSPS) is 12.8. The number of nitrogens with two attached hydrogens (primary N) is 2. The zero-order chi connectivity index (χ0) is 19.2. The van der Waals surface area contributed by atoms with Crippen molar-refractivity contribution in [2.75, 3.05) is 7.11 Å². The maximum atomic E-state index is 10.8. The van der Waals surface area contributed by atoms with E-state index < -0.39 is 44.9 Å². The molecule has 2 unspecified atom stereocenters. The molecule has 5 N–H and O–H groups in total. The molecule has 25 heavy (non-hydrogen) atoms. The quantitative estimate of drug-likeness (QED) is 0.315. The van der Waals surface area contributed by atoms with Crippen molar-refractivity contribution >= 4 is 24.3 Å². The van der Waals surface area contributed by atoms with Gasteiger partial charge >= 0.3 is 11.9 Å². The maximum Gasteiger partial charge on any atom is 0.330 e. The lowest BCUT2D eigenvalue weighted by molar-refractivity contribution is -0.562. The number of aliphatic carboxylic acids is 1. The van der Waals surface area contributed by atoms with Crippen LogP contribution in [0.2, 0.25) is 0 Å². The van der Waals surface area contributed by atoms with E-state index in [0.29, 0.717) is 0 Å². The van der Waals surface area contributed by atoms with Crippen LogP contribution < -0.4 is 11.5 Å². The van der Waals surface area contributed by atoms with E-state index in [0.717, 1.165) is 7.11 Å². The summed E-state index contributed by atoms with van der Waals surface area (Å²) in [5.74, 6) is -2.15. The van der Waals surface area contributed by atoms with E-state index in [1.54, 1.807) is 0 Å². The molecule has 0 aliphatic carbocycles. The lowest BCUT2D eigenvalue weighted by atomic mass is 9.96. The summed E-state index contributed by atoms with van der Waals surface area (Å²) in [5, 5.41) is 29.0. The molecule has 12 nitrogen and oxygen atoms in total. The Morgan fingerprint density at radius 2 is 1.28 bits per heavy atom. The Morgan fingerprint density at radius 3 is 1.44 bits per heavy atom. The molecule has 0 aliphatic heterocycles. The molecule has 0 bridgehead atoms. The van der Waals surface area contributed by atoms with Gasteiger partial charge in [0.05, 0.1) is 7.11 Å².